The molecule has 0 bridgehead atoms. The van der Waals surface area contributed by atoms with Gasteiger partial charge in [-0.1, -0.05) is 20.3 Å². The Morgan fingerprint density at radius 1 is 0.602 bits per heavy atom. The molecular formula is C50H88N10O23. The van der Waals surface area contributed by atoms with Gasteiger partial charge < -0.3 is 126 Å². The Morgan fingerprint density at radius 3 is 1.42 bits per heavy atom. The number of rotatable bonds is 43. The lowest BCUT2D eigenvalue weighted by atomic mass is 9.87. The molecule has 15 N–H and O–H groups in total. The summed E-state index contributed by atoms with van der Waals surface area (Å²) in [6.45, 7) is 6.23. The lowest BCUT2D eigenvalue weighted by Crippen LogP contribution is -2.61. The van der Waals surface area contributed by atoms with E-state index in [9.17, 15) is 59.4 Å². The smallest absolute Gasteiger partial charge is 0.410 e. The van der Waals surface area contributed by atoms with Gasteiger partial charge in [0.15, 0.2) is 30.2 Å². The summed E-state index contributed by atoms with van der Waals surface area (Å²) in [5.41, 5.74) is 22.2. The summed E-state index contributed by atoms with van der Waals surface area (Å²) in [5.74, 6) is -6.71. The lowest BCUT2D eigenvalue weighted by Gasteiger charge is -2.40. The van der Waals surface area contributed by atoms with Crippen LogP contribution in [0.3, 0.4) is 0 Å². The third kappa shape index (κ3) is 28.2. The second-order valence-electron chi connectivity index (χ2n) is 18.8. The Labute approximate surface area is 481 Å². The van der Waals surface area contributed by atoms with Crippen molar-refractivity contribution in [3.63, 3.8) is 0 Å². The number of likely N-dealkylation sites (N-methyl/N-ethyl adjacent to an activating group) is 2. The average Bonchev–Trinajstić information content (AvgIpc) is 3.51. The van der Waals surface area contributed by atoms with E-state index in [0.29, 0.717) is 33.0 Å². The van der Waals surface area contributed by atoms with Crippen LogP contribution in [0.1, 0.15) is 40.0 Å². The molecule has 0 spiro atoms. The maximum Gasteiger partial charge on any atom is 0.410 e. The second kappa shape index (κ2) is 40.8. The number of nitrogens with zero attached hydrogens (tertiary/aromatic N) is 5. The van der Waals surface area contributed by atoms with E-state index in [4.69, 9.17) is 75.0 Å². The average molecular weight is 1200 g/mol. The van der Waals surface area contributed by atoms with Crippen LogP contribution in [0, 0.1) is 5.92 Å². The summed E-state index contributed by atoms with van der Waals surface area (Å²) in [5, 5.41) is 63.0. The maximum atomic E-state index is 13.4. The Bertz CT molecular complexity index is 2080. The number of nitrogens with one attached hydrogen (secondary N) is 1. The minimum atomic E-state index is -1.84. The van der Waals surface area contributed by atoms with Crippen LogP contribution in [-0.4, -0.2) is 294 Å². The number of aliphatic hydroxyl groups excluding tert-OH is 4. The third-order valence-corrected chi connectivity index (χ3v) is 12.3. The zero-order chi connectivity index (χ0) is 61.9. The first-order chi connectivity index (χ1) is 39.6. The molecule has 0 fully saturated rings. The van der Waals surface area contributed by atoms with E-state index in [0.717, 1.165) is 35.6 Å². The van der Waals surface area contributed by atoms with E-state index in [1.807, 2.05) is 0 Å². The van der Waals surface area contributed by atoms with Crippen LogP contribution in [0.25, 0.3) is 0 Å². The SMILES string of the molecule is CCCCOCCOCCOCCOCCC(=O)N(CCOCCOCCN(C)C(=O)O[C@@H]([C@@H]1OC(C(=O)O)=C[C@H](N=C(N)N)[C@H]1C)[C@H](O)CO)CCOCCN(C)C(=O)O[C@@H]([C@@H]1OC(C(=O)O)=C[C@H](N=C(N)N)[C@H]1NC(C)=O)[C@H](O)CO. The van der Waals surface area contributed by atoms with Gasteiger partial charge in [0.2, 0.25) is 23.3 Å². The van der Waals surface area contributed by atoms with E-state index in [1.54, 1.807) is 6.92 Å². The number of carbonyl (C=O) groups is 6. The highest BCUT2D eigenvalue weighted by Crippen LogP contribution is 2.31. The summed E-state index contributed by atoms with van der Waals surface area (Å²) >= 11 is 0. The Hall–Kier alpha value is -6.40. The Kier molecular flexibility index (Phi) is 35.7. The van der Waals surface area contributed by atoms with E-state index in [-0.39, 0.29) is 104 Å². The molecule has 2 rings (SSSR count). The Balaban J connectivity index is 1.97. The molecule has 2 aliphatic rings. The fourth-order valence-electron chi connectivity index (χ4n) is 7.80. The number of hydrogen-bond donors (Lipinski definition) is 11. The first-order valence-corrected chi connectivity index (χ1v) is 27.0. The van der Waals surface area contributed by atoms with Crippen molar-refractivity contribution in [3.05, 3.63) is 23.7 Å². The molecule has 2 heterocycles. The molecule has 0 aromatic carbocycles. The molecule has 33 heteroatoms. The van der Waals surface area contributed by atoms with Gasteiger partial charge in [-0.05, 0) is 18.6 Å². The molecule has 2 aliphatic heterocycles. The topological polar surface area (TPSA) is 476 Å². The number of carbonyl (C=O) groups excluding carboxylic acids is 4. The molecule has 4 amide bonds. The van der Waals surface area contributed by atoms with Crippen LogP contribution < -0.4 is 28.3 Å². The largest absolute Gasteiger partial charge is 0.479 e. The predicted molar refractivity (Wildman–Crippen MR) is 291 cm³/mol. The number of nitrogens with two attached hydrogens (primary N) is 4. The molecule has 0 radical (unpaired) electrons. The molecular weight excluding hydrogens is 1110 g/mol. The molecule has 0 saturated carbocycles. The van der Waals surface area contributed by atoms with Crippen molar-refractivity contribution in [1.29, 1.82) is 0 Å². The minimum absolute atomic E-state index is 0.00270. The van der Waals surface area contributed by atoms with Gasteiger partial charge in [-0.2, -0.15) is 0 Å². The normalized spacial score (nSPS) is 19.9. The summed E-state index contributed by atoms with van der Waals surface area (Å²) in [7, 11) is 2.72. The standard InChI is InChI=1S/C50H88N10O23/c1-6-7-13-73-19-23-78-25-26-79-24-20-74-14-8-39(66)60(11-17-75-15-9-58(4)50(72)83-43(36(65)30-62)44-40(55-32(3)63)34(57-48(53)54)28-38(81-44)46(69)70)12-18-77-22-21-76-16-10-59(5)49(71)82-42(35(64)29-61)41-31(2)33(56-47(51)52)27-37(80-41)45(67)68/h27-28,31,33-36,40-44,61-62,64-65H,6-26,29-30H2,1-5H3,(H,55,63)(H,67,68)(H,69,70)(H4,51,52,56)(H4,53,54,57)/t31-,33+,34+,35-,36-,40-,41-,42-,43-,44-/m1/s1. The van der Waals surface area contributed by atoms with Gasteiger partial charge in [-0.15, -0.1) is 0 Å². The van der Waals surface area contributed by atoms with E-state index in [1.165, 1.54) is 25.1 Å². The van der Waals surface area contributed by atoms with Crippen LogP contribution >= 0.6 is 0 Å². The number of aliphatic hydroxyl groups is 4. The molecule has 0 aliphatic carbocycles. The van der Waals surface area contributed by atoms with E-state index >= 15 is 0 Å². The predicted octanol–water partition coefficient (Wildman–Crippen LogP) is -4.14. The summed E-state index contributed by atoms with van der Waals surface area (Å²) in [6.07, 6.45) is -7.49. The number of amides is 4. The lowest BCUT2D eigenvalue weighted by molar-refractivity contribution is -0.148. The highest BCUT2D eigenvalue weighted by atomic mass is 16.6. The third-order valence-electron chi connectivity index (χ3n) is 12.3. The van der Waals surface area contributed by atoms with Gasteiger partial charge in [0.25, 0.3) is 0 Å². The highest BCUT2D eigenvalue weighted by Gasteiger charge is 2.47. The van der Waals surface area contributed by atoms with E-state index in [2.05, 4.69) is 22.2 Å². The maximum absolute atomic E-state index is 13.4. The van der Waals surface area contributed by atoms with Crippen molar-refractivity contribution in [2.75, 3.05) is 146 Å². The minimum Gasteiger partial charge on any atom is -0.479 e. The molecule has 33 nitrogen and oxygen atoms in total. The van der Waals surface area contributed by atoms with Gasteiger partial charge in [-0.3, -0.25) is 9.59 Å². The first kappa shape index (κ1) is 72.7. The Morgan fingerprint density at radius 2 is 0.988 bits per heavy atom. The number of ether oxygens (including phenoxy) is 11. The van der Waals surface area contributed by atoms with Crippen LogP contribution in [0.4, 0.5) is 9.59 Å². The molecule has 0 unspecified atom stereocenters. The van der Waals surface area contributed by atoms with Crippen LogP contribution in [0.2, 0.25) is 0 Å². The summed E-state index contributed by atoms with van der Waals surface area (Å²) in [6, 6.07) is -3.46. The van der Waals surface area contributed by atoms with E-state index < -0.39 is 121 Å². The van der Waals surface area contributed by atoms with Crippen LogP contribution in [-0.2, 0) is 71.3 Å². The summed E-state index contributed by atoms with van der Waals surface area (Å²) < 4.78 is 61.4. The number of unbranched alkanes of at least 4 members (excludes halogenated alkanes) is 1. The van der Waals surface area contributed by atoms with Crippen molar-refractivity contribution in [1.82, 2.24) is 20.0 Å². The fraction of sp³-hybridized carbons (Fsp3) is 0.760. The molecule has 476 valence electrons. The van der Waals surface area contributed by atoms with Gasteiger partial charge >= 0.3 is 24.1 Å². The van der Waals surface area contributed by atoms with Crippen molar-refractivity contribution < 1.29 is 112 Å². The van der Waals surface area contributed by atoms with Crippen LogP contribution in [0.15, 0.2) is 33.7 Å². The number of carboxylic acid groups (broad SMARTS) is 2. The van der Waals surface area contributed by atoms with Gasteiger partial charge in [-0.25, -0.2) is 29.2 Å². The van der Waals surface area contributed by atoms with Crippen molar-refractivity contribution in [3.8, 4) is 0 Å². The fourth-order valence-corrected chi connectivity index (χ4v) is 7.80. The number of guanidine groups is 2. The van der Waals surface area contributed by atoms with Crippen molar-refractivity contribution >= 4 is 47.9 Å². The molecule has 0 saturated heterocycles. The number of carboxylic acids is 2. The van der Waals surface area contributed by atoms with Gasteiger partial charge in [0, 0.05) is 59.7 Å². The zero-order valence-electron chi connectivity index (χ0n) is 47.9. The van der Waals surface area contributed by atoms with Crippen molar-refractivity contribution in [2.24, 2.45) is 38.8 Å². The second-order valence-corrected chi connectivity index (χ2v) is 18.8. The summed E-state index contributed by atoms with van der Waals surface area (Å²) in [4.78, 5) is 87.6. The number of aliphatic imine (C=N–C) groups is 2. The highest BCUT2D eigenvalue weighted by molar-refractivity contribution is 5.86. The number of aliphatic carboxylic acids is 2. The first-order valence-electron chi connectivity index (χ1n) is 27.0. The molecule has 0 aromatic heterocycles. The monoisotopic (exact) mass is 1200 g/mol. The molecule has 83 heavy (non-hydrogen) atoms. The molecule has 10 atom stereocenters. The zero-order valence-corrected chi connectivity index (χ0v) is 47.9. The quantitative estimate of drug-likeness (QED) is 0.0157. The van der Waals surface area contributed by atoms with Gasteiger partial charge in [0.05, 0.1) is 124 Å². The van der Waals surface area contributed by atoms with Crippen molar-refractivity contribution in [2.45, 2.75) is 94.8 Å². The number of hydrogen-bond acceptors (Lipinski definition) is 23. The van der Waals surface area contributed by atoms with Gasteiger partial charge in [0.1, 0.15) is 18.3 Å². The molecule has 0 aromatic rings. The van der Waals surface area contributed by atoms with Crippen LogP contribution in [0.5, 0.6) is 0 Å².